The number of H-pyrrole nitrogens is 1. The number of nitriles is 1. The van der Waals surface area contributed by atoms with Crippen LogP contribution in [0.5, 0.6) is 0 Å². The van der Waals surface area contributed by atoms with E-state index in [1.807, 2.05) is 0 Å². The Bertz CT molecular complexity index is 1660. The van der Waals surface area contributed by atoms with Gasteiger partial charge in [-0.1, -0.05) is 18.2 Å². The molecule has 1 saturated heterocycles. The van der Waals surface area contributed by atoms with Gasteiger partial charge in [-0.2, -0.15) is 37.4 Å². The molecule has 0 aliphatic carbocycles. The van der Waals surface area contributed by atoms with Gasteiger partial charge >= 0.3 is 0 Å². The van der Waals surface area contributed by atoms with Crippen LogP contribution in [0.3, 0.4) is 0 Å². The molecule has 0 bridgehead atoms. The predicted molar refractivity (Wildman–Crippen MR) is 140 cm³/mol. The maximum Gasteiger partial charge on any atom is 0.285 e. The van der Waals surface area contributed by atoms with Gasteiger partial charge in [0.15, 0.2) is 17.2 Å². The van der Waals surface area contributed by atoms with Crippen molar-refractivity contribution in [1.82, 2.24) is 29.1 Å². The molecule has 1 aliphatic rings. The largest absolute Gasteiger partial charge is 0.345 e. The van der Waals surface area contributed by atoms with Gasteiger partial charge in [-0.05, 0) is 18.2 Å². The molecule has 1 fully saturated rings. The van der Waals surface area contributed by atoms with Gasteiger partial charge in [0.25, 0.3) is 5.56 Å². The molecular weight excluding hydrogens is 506 g/mol. The molecule has 5 aromatic rings. The molecule has 9 nitrogen and oxygen atoms in total. The van der Waals surface area contributed by atoms with Gasteiger partial charge in [0.05, 0.1) is 29.2 Å². The number of fused-ring (bicyclic) bond motifs is 2. The number of nitrogens with zero attached hydrogens (tertiary/aromatic N) is 7. The summed E-state index contributed by atoms with van der Waals surface area (Å²) in [7, 11) is 0. The Morgan fingerprint density at radius 1 is 1.14 bits per heavy atom. The van der Waals surface area contributed by atoms with Gasteiger partial charge < -0.3 is 9.88 Å². The van der Waals surface area contributed by atoms with E-state index in [0.29, 0.717) is 28.1 Å². The highest BCUT2D eigenvalue weighted by molar-refractivity contribution is 7.59. The second-order valence-corrected chi connectivity index (χ2v) is 8.03. The number of hydrogen-bond donors (Lipinski definition) is 1. The Hall–Kier alpha value is -3.89. The van der Waals surface area contributed by atoms with Gasteiger partial charge in [0.1, 0.15) is 30.0 Å². The summed E-state index contributed by atoms with van der Waals surface area (Å²) in [6.45, 7) is -0.0183. The number of aromatic nitrogens is 6. The number of para-hydroxylation sites is 1. The van der Waals surface area contributed by atoms with Crippen LogP contribution in [0.15, 0.2) is 59.9 Å². The van der Waals surface area contributed by atoms with E-state index in [9.17, 15) is 18.8 Å². The summed E-state index contributed by atoms with van der Waals surface area (Å²) in [4.78, 5) is 26.6. The topological polar surface area (TPSA) is 108 Å². The van der Waals surface area contributed by atoms with Gasteiger partial charge in [0.2, 0.25) is 0 Å². The minimum Gasteiger partial charge on any atom is -0.345 e. The SMILES string of the molecule is N#Cc1c[nH]c2ncnc(N3C[C@@H](F)C[C@H]3c3nn4ccc(F)c4c(=O)n3-c3ccccc3)c12.S.S. The number of alkyl halides is 1. The molecule has 0 amide bonds. The van der Waals surface area contributed by atoms with E-state index < -0.39 is 23.6 Å². The van der Waals surface area contributed by atoms with Crippen LogP contribution in [0, 0.1) is 17.1 Å². The van der Waals surface area contributed by atoms with Crippen molar-refractivity contribution in [3.63, 3.8) is 0 Å². The zero-order valence-electron chi connectivity index (χ0n) is 18.6. The second-order valence-electron chi connectivity index (χ2n) is 8.03. The number of rotatable bonds is 3. The number of halogens is 2. The van der Waals surface area contributed by atoms with E-state index in [2.05, 4.69) is 26.1 Å². The molecule has 0 unspecified atom stereocenters. The second kappa shape index (κ2) is 9.63. The van der Waals surface area contributed by atoms with Gasteiger partial charge in [-0.15, -0.1) is 0 Å². The fraction of sp³-hybridized carbons (Fsp3) is 0.174. The summed E-state index contributed by atoms with van der Waals surface area (Å²) < 4.78 is 31.9. The first-order valence-corrected chi connectivity index (χ1v) is 10.5. The first kappa shape index (κ1) is 25.2. The van der Waals surface area contributed by atoms with Crippen molar-refractivity contribution < 1.29 is 8.78 Å². The lowest BCUT2D eigenvalue weighted by molar-refractivity contribution is 0.354. The van der Waals surface area contributed by atoms with E-state index in [0.717, 1.165) is 0 Å². The Kier molecular flexibility index (Phi) is 6.75. The van der Waals surface area contributed by atoms with Crippen LogP contribution in [0.4, 0.5) is 14.6 Å². The number of aromatic amines is 1. The van der Waals surface area contributed by atoms with E-state index in [1.54, 1.807) is 35.2 Å². The van der Waals surface area contributed by atoms with Crippen molar-refractivity contribution in [2.24, 2.45) is 0 Å². The molecule has 0 radical (unpaired) electrons. The quantitative estimate of drug-likeness (QED) is 0.387. The first-order chi connectivity index (χ1) is 16.6. The molecule has 6 rings (SSSR count). The van der Waals surface area contributed by atoms with Crippen LogP contribution in [0.25, 0.3) is 22.2 Å². The lowest BCUT2D eigenvalue weighted by atomic mass is 10.1. The van der Waals surface area contributed by atoms with E-state index >= 15 is 0 Å². The molecule has 5 heterocycles. The average Bonchev–Trinajstić information content (AvgIpc) is 3.55. The third-order valence-electron chi connectivity index (χ3n) is 6.07. The zero-order chi connectivity index (χ0) is 23.4. The first-order valence-electron chi connectivity index (χ1n) is 10.5. The maximum atomic E-state index is 14.9. The molecule has 13 heteroatoms. The lowest BCUT2D eigenvalue weighted by Gasteiger charge is -2.27. The number of anilines is 1. The molecule has 36 heavy (non-hydrogen) atoms. The van der Waals surface area contributed by atoms with Crippen molar-refractivity contribution in [2.75, 3.05) is 11.4 Å². The highest BCUT2D eigenvalue weighted by atomic mass is 32.1. The van der Waals surface area contributed by atoms with Crippen LogP contribution in [-0.2, 0) is 0 Å². The smallest absolute Gasteiger partial charge is 0.285 e. The fourth-order valence-corrected chi connectivity index (χ4v) is 4.61. The minimum atomic E-state index is -1.24. The van der Waals surface area contributed by atoms with Gasteiger partial charge in [-0.25, -0.2) is 23.3 Å². The summed E-state index contributed by atoms with van der Waals surface area (Å²) in [6.07, 6.45) is 3.01. The molecule has 4 aromatic heterocycles. The molecule has 1 N–H and O–H groups in total. The van der Waals surface area contributed by atoms with Gasteiger partial charge in [0, 0.05) is 18.8 Å². The zero-order valence-corrected chi connectivity index (χ0v) is 20.6. The van der Waals surface area contributed by atoms with Crippen molar-refractivity contribution in [1.29, 1.82) is 5.26 Å². The average molecular weight is 527 g/mol. The van der Waals surface area contributed by atoms with Crippen molar-refractivity contribution in [2.45, 2.75) is 18.6 Å². The summed E-state index contributed by atoms with van der Waals surface area (Å²) in [6, 6.07) is 11.3. The third kappa shape index (κ3) is 3.78. The molecule has 1 aliphatic heterocycles. The Labute approximate surface area is 216 Å². The molecule has 0 saturated carbocycles. The van der Waals surface area contributed by atoms with Crippen molar-refractivity contribution in [3.8, 4) is 11.8 Å². The molecule has 184 valence electrons. The summed E-state index contributed by atoms with van der Waals surface area (Å²) in [5.74, 6) is -0.0929. The van der Waals surface area contributed by atoms with Crippen LogP contribution < -0.4 is 10.5 Å². The Balaban J connectivity index is 0.00000152. The van der Waals surface area contributed by atoms with E-state index in [4.69, 9.17) is 0 Å². The van der Waals surface area contributed by atoms with Crippen molar-refractivity contribution in [3.05, 3.63) is 82.7 Å². The standard InChI is InChI=1S/C23H16F2N8O.2H2S/c24-14-8-17(31(11-14)22-18-13(9-26)10-27-20(18)28-12-29-22)21-30-32-7-6-16(25)19(32)23(34)33(21)15-4-2-1-3-5-15;;/h1-7,10,12,14,17H,8,11H2,(H,27,28,29);2*1H2/t14-,17-;;/m0../s1. The monoisotopic (exact) mass is 526 g/mol. The molecular formula is C23H20F2N8OS2. The summed E-state index contributed by atoms with van der Waals surface area (Å²) in [5.41, 5.74) is 0.443. The normalized spacial score (nSPS) is 17.1. The van der Waals surface area contributed by atoms with Crippen LogP contribution in [0.1, 0.15) is 23.9 Å². The predicted octanol–water partition coefficient (Wildman–Crippen LogP) is 3.28. The molecule has 0 spiro atoms. The molecule has 2 atom stereocenters. The number of hydrogen-bond acceptors (Lipinski definition) is 6. The summed E-state index contributed by atoms with van der Waals surface area (Å²) in [5, 5.41) is 14.6. The Morgan fingerprint density at radius 2 is 1.92 bits per heavy atom. The van der Waals surface area contributed by atoms with Crippen LogP contribution in [-0.4, -0.2) is 41.8 Å². The van der Waals surface area contributed by atoms with Crippen LogP contribution in [0.2, 0.25) is 0 Å². The lowest BCUT2D eigenvalue weighted by Crippen LogP contribution is -2.33. The number of nitrogens with one attached hydrogen (secondary N) is 1. The third-order valence-corrected chi connectivity index (χ3v) is 6.07. The fourth-order valence-electron chi connectivity index (χ4n) is 4.61. The maximum absolute atomic E-state index is 14.9. The highest BCUT2D eigenvalue weighted by Crippen LogP contribution is 2.39. The Morgan fingerprint density at radius 3 is 2.67 bits per heavy atom. The highest BCUT2D eigenvalue weighted by Gasteiger charge is 2.39. The van der Waals surface area contributed by atoms with Gasteiger partial charge in [-0.3, -0.25) is 9.36 Å². The molecule has 1 aromatic carbocycles. The summed E-state index contributed by atoms with van der Waals surface area (Å²) >= 11 is 0. The minimum absolute atomic E-state index is 0. The van der Waals surface area contributed by atoms with Crippen LogP contribution >= 0.6 is 27.0 Å². The van der Waals surface area contributed by atoms with Crippen molar-refractivity contribution >= 4 is 49.4 Å². The number of benzene rings is 1. The van der Waals surface area contributed by atoms with E-state index in [-0.39, 0.29) is 51.3 Å². The van der Waals surface area contributed by atoms with E-state index in [1.165, 1.54) is 33.9 Å².